The minimum atomic E-state index is -1.43. The van der Waals surface area contributed by atoms with Gasteiger partial charge in [0.25, 0.3) is 11.1 Å². The molecule has 10 atom stereocenters. The highest BCUT2D eigenvalue weighted by molar-refractivity contribution is 5.86. The number of aliphatic hydroxyl groups excluding tert-OH is 3. The number of nitrogens with zero attached hydrogens (tertiary/aromatic N) is 4. The maximum atomic E-state index is 13.4. The van der Waals surface area contributed by atoms with Gasteiger partial charge in [0.1, 0.15) is 31.4 Å². The molecule has 346 valence electrons. The average Bonchev–Trinajstić information content (AvgIpc) is 3.21. The molecule has 18 N–H and O–H groups in total. The highest BCUT2D eigenvalue weighted by atomic mass is 16.7. The Morgan fingerprint density at radius 2 is 1.45 bits per heavy atom. The Morgan fingerprint density at radius 1 is 0.839 bits per heavy atom. The van der Waals surface area contributed by atoms with E-state index in [2.05, 4.69) is 20.9 Å². The molecule has 1 saturated heterocycles. The molecule has 0 aromatic carbocycles. The summed E-state index contributed by atoms with van der Waals surface area (Å²) in [6.45, 7) is -1.42. The second-order valence-corrected chi connectivity index (χ2v) is 15.0. The van der Waals surface area contributed by atoms with Gasteiger partial charge in [0.2, 0.25) is 23.6 Å². The van der Waals surface area contributed by atoms with Crippen molar-refractivity contribution in [1.82, 2.24) is 44.9 Å². The molecule has 1 aliphatic carbocycles. The van der Waals surface area contributed by atoms with Gasteiger partial charge >= 0.3 is 11.4 Å². The summed E-state index contributed by atoms with van der Waals surface area (Å²) < 4.78 is 13.7. The molecule has 0 bridgehead atoms. The van der Waals surface area contributed by atoms with E-state index in [1.807, 2.05) is 4.98 Å². The molecule has 4 amide bonds. The van der Waals surface area contributed by atoms with Crippen LogP contribution in [0.25, 0.3) is 0 Å². The van der Waals surface area contributed by atoms with Crippen LogP contribution >= 0.6 is 0 Å². The summed E-state index contributed by atoms with van der Waals surface area (Å²) in [5, 5.41) is 39.9. The fourth-order valence-corrected chi connectivity index (χ4v) is 6.93. The van der Waals surface area contributed by atoms with Crippen molar-refractivity contribution in [2.24, 2.45) is 28.7 Å². The zero-order chi connectivity index (χ0) is 45.8. The quantitative estimate of drug-likeness (QED) is 0.0549. The minimum absolute atomic E-state index is 0.0162. The first-order valence-electron chi connectivity index (χ1n) is 19.8. The Hall–Kier alpha value is -5.20. The first-order chi connectivity index (χ1) is 29.3. The number of H-pyrrole nitrogens is 2. The average molecular weight is 883 g/mol. The lowest BCUT2D eigenvalue weighted by Crippen LogP contribution is -2.70. The number of aromatic nitrogens is 4. The monoisotopic (exact) mass is 882 g/mol. The zero-order valence-corrected chi connectivity index (χ0v) is 34.1. The van der Waals surface area contributed by atoms with Crippen LogP contribution in [0.5, 0.6) is 0 Å². The van der Waals surface area contributed by atoms with Gasteiger partial charge in [0, 0.05) is 81.9 Å². The van der Waals surface area contributed by atoms with Crippen LogP contribution in [0.1, 0.15) is 12.0 Å². The SMILES string of the molecule is Cc1cn(CC(=O)N(CCN)CC(=O)NCCN(CC(=O)NCCN[C@H]2[C@@H](O)[C@H](N)C[C@H](N)[C@H]2O[C@H]2O[C@H](CN)[C@@H](O)[C@H](O)[C@H]2N)C(=O)Cn2ccc(=O)[nH]c2=O)c(=O)[nH]c1=O. The number of nitrogens with one attached hydrogen (secondary N) is 5. The van der Waals surface area contributed by atoms with Crippen LogP contribution in [0.2, 0.25) is 0 Å². The first-order valence-corrected chi connectivity index (χ1v) is 19.8. The molecule has 27 nitrogen and oxygen atoms in total. The summed E-state index contributed by atoms with van der Waals surface area (Å²) in [5.41, 5.74) is 27.1. The van der Waals surface area contributed by atoms with Crippen molar-refractivity contribution < 1.29 is 44.0 Å². The molecule has 2 aromatic rings. The number of aromatic amines is 2. The van der Waals surface area contributed by atoms with E-state index in [0.717, 1.165) is 31.2 Å². The number of aryl methyl sites for hydroxylation is 1. The molecule has 0 unspecified atom stereocenters. The van der Waals surface area contributed by atoms with Gasteiger partial charge in [-0.25, -0.2) is 9.59 Å². The van der Waals surface area contributed by atoms with Crippen LogP contribution in [0.4, 0.5) is 0 Å². The Morgan fingerprint density at radius 3 is 2.08 bits per heavy atom. The van der Waals surface area contributed by atoms with Crippen molar-refractivity contribution >= 4 is 23.6 Å². The van der Waals surface area contributed by atoms with Gasteiger partial charge < -0.3 is 79.2 Å². The maximum absolute atomic E-state index is 13.4. The lowest BCUT2D eigenvalue weighted by atomic mass is 9.82. The van der Waals surface area contributed by atoms with E-state index in [4.69, 9.17) is 38.1 Å². The zero-order valence-electron chi connectivity index (χ0n) is 34.1. The molecule has 2 fully saturated rings. The van der Waals surface area contributed by atoms with Crippen molar-refractivity contribution in [3.05, 3.63) is 65.7 Å². The van der Waals surface area contributed by atoms with E-state index < -0.39 is 133 Å². The molecule has 2 aliphatic rings. The minimum Gasteiger partial charge on any atom is -0.390 e. The molecule has 0 spiro atoms. The fraction of sp³-hybridized carbons (Fsp3) is 0.657. The first kappa shape index (κ1) is 49.5. The topological polar surface area (TPSA) is 430 Å². The van der Waals surface area contributed by atoms with Crippen LogP contribution < -0.4 is 67.1 Å². The summed E-state index contributed by atoms with van der Waals surface area (Å²) in [5.74, 6) is -2.73. The van der Waals surface area contributed by atoms with Gasteiger partial charge in [-0.05, 0) is 13.3 Å². The fourth-order valence-electron chi connectivity index (χ4n) is 6.93. The van der Waals surface area contributed by atoms with E-state index in [-0.39, 0.29) is 57.8 Å². The second-order valence-electron chi connectivity index (χ2n) is 15.0. The number of hydrogen-bond acceptors (Lipinski definition) is 19. The molecule has 27 heteroatoms. The number of carbonyl (C=O) groups excluding carboxylic acids is 4. The largest absolute Gasteiger partial charge is 0.390 e. The summed E-state index contributed by atoms with van der Waals surface area (Å²) in [4.78, 5) is 107. The van der Waals surface area contributed by atoms with Crippen molar-refractivity contribution in [3.63, 3.8) is 0 Å². The molecule has 3 heterocycles. The predicted molar refractivity (Wildman–Crippen MR) is 217 cm³/mol. The van der Waals surface area contributed by atoms with Crippen LogP contribution in [-0.2, 0) is 41.7 Å². The van der Waals surface area contributed by atoms with Gasteiger partial charge in [-0.2, -0.15) is 0 Å². The number of amides is 4. The number of nitrogens with two attached hydrogens (primary N) is 5. The lowest BCUT2D eigenvalue weighted by molar-refractivity contribution is -0.279. The Bertz CT molecular complexity index is 2090. The van der Waals surface area contributed by atoms with Gasteiger partial charge in [-0.1, -0.05) is 0 Å². The van der Waals surface area contributed by atoms with E-state index >= 15 is 0 Å². The molecule has 1 aliphatic heterocycles. The normalized spacial score (nSPS) is 26.1. The lowest BCUT2D eigenvalue weighted by Gasteiger charge is -2.47. The molecule has 2 aromatic heterocycles. The van der Waals surface area contributed by atoms with Crippen LogP contribution in [0, 0.1) is 6.92 Å². The smallest absolute Gasteiger partial charge is 0.328 e. The number of aliphatic hydroxyl groups is 3. The summed E-state index contributed by atoms with van der Waals surface area (Å²) in [6, 6.07) is -2.59. The number of carbonyl (C=O) groups is 4. The van der Waals surface area contributed by atoms with Crippen LogP contribution in [0.3, 0.4) is 0 Å². The Balaban J connectivity index is 1.36. The van der Waals surface area contributed by atoms with E-state index in [9.17, 15) is 53.7 Å². The predicted octanol–water partition coefficient (Wildman–Crippen LogP) is -10.3. The number of rotatable bonds is 20. The Kier molecular flexibility index (Phi) is 18.2. The van der Waals surface area contributed by atoms with E-state index in [0.29, 0.717) is 0 Å². The van der Waals surface area contributed by atoms with E-state index in [1.54, 1.807) is 0 Å². The highest BCUT2D eigenvalue weighted by Gasteiger charge is 2.48. The third-order valence-electron chi connectivity index (χ3n) is 10.4. The highest BCUT2D eigenvalue weighted by Crippen LogP contribution is 2.27. The Labute approximate surface area is 352 Å². The molecule has 1 saturated carbocycles. The number of hydrogen-bond donors (Lipinski definition) is 13. The molecule has 62 heavy (non-hydrogen) atoms. The van der Waals surface area contributed by atoms with E-state index in [1.165, 1.54) is 13.1 Å². The third-order valence-corrected chi connectivity index (χ3v) is 10.4. The van der Waals surface area contributed by atoms with Crippen molar-refractivity contribution in [1.29, 1.82) is 0 Å². The standard InChI is InChI=1S/C35H58N14O13/c1-17-12-49(35(60)45-32(17)58)16-25(54)46(8-3-36)13-23(52)42-6-9-47(24(53)15-48-7-2-21(50)44-34(48)59)14-22(51)41-4-5-43-27-28(55)18(38)10-19(39)31(27)62-33-26(40)30(57)29(56)20(11-37)61-33/h2,7,12,18-20,26-31,33,43,55-57H,3-6,8-11,13-16,36-40H2,1H3,(H,41,51)(H,42,52)(H,44,50,59)(H,45,58,60)/t18-,19+,20-,26-,27+,28+,29-,30-,31-,33-/m1/s1. The molecular formula is C35H58N14O13. The van der Waals surface area contributed by atoms with Crippen molar-refractivity contribution in [2.45, 2.75) is 87.4 Å². The summed E-state index contributed by atoms with van der Waals surface area (Å²) in [6.07, 6.45) is -4.76. The van der Waals surface area contributed by atoms with Gasteiger partial charge in [0.05, 0.1) is 37.4 Å². The van der Waals surface area contributed by atoms with Crippen molar-refractivity contribution in [2.75, 3.05) is 58.9 Å². The van der Waals surface area contributed by atoms with Crippen LogP contribution in [-0.4, -0.2) is 188 Å². The molecular weight excluding hydrogens is 824 g/mol. The molecule has 0 radical (unpaired) electrons. The summed E-state index contributed by atoms with van der Waals surface area (Å²) in [7, 11) is 0. The third kappa shape index (κ3) is 13.2. The second kappa shape index (κ2) is 22.8. The molecule has 4 rings (SSSR count). The number of ether oxygens (including phenoxy) is 2. The maximum Gasteiger partial charge on any atom is 0.328 e. The van der Waals surface area contributed by atoms with Crippen molar-refractivity contribution in [3.8, 4) is 0 Å². The summed E-state index contributed by atoms with van der Waals surface area (Å²) >= 11 is 0. The van der Waals surface area contributed by atoms with Gasteiger partial charge in [-0.3, -0.25) is 47.9 Å². The van der Waals surface area contributed by atoms with Crippen LogP contribution in [0.15, 0.2) is 37.6 Å². The van der Waals surface area contributed by atoms with Gasteiger partial charge in [0.15, 0.2) is 6.29 Å². The van der Waals surface area contributed by atoms with Gasteiger partial charge in [-0.15, -0.1) is 0 Å².